The number of halogens is 4. The highest BCUT2D eigenvalue weighted by atomic mass is 19.1. The van der Waals surface area contributed by atoms with Crippen LogP contribution in [0.3, 0.4) is 0 Å². The maximum Gasteiger partial charge on any atom is 0.496 e. The fraction of sp³-hybridized carbons (Fsp3) is 0.158. The van der Waals surface area contributed by atoms with E-state index >= 15 is 8.78 Å². The Kier molecular flexibility index (Phi) is 6.88. The predicted octanol–water partition coefficient (Wildman–Crippen LogP) is 9.85. The first-order chi connectivity index (χ1) is 21.4. The molecule has 0 N–H and O–H groups in total. The number of benzene rings is 6. The van der Waals surface area contributed by atoms with Crippen molar-refractivity contribution in [1.82, 2.24) is 0 Å². The second-order valence-electron chi connectivity index (χ2n) is 12.5. The molecular formula is C38H29BF4O2. The molecule has 2 nitrogen and oxygen atoms in total. The molecule has 1 aliphatic rings. The summed E-state index contributed by atoms with van der Waals surface area (Å²) in [4.78, 5) is 0. The minimum absolute atomic E-state index is 0.157. The van der Waals surface area contributed by atoms with Gasteiger partial charge in [-0.05, 0) is 119 Å². The van der Waals surface area contributed by atoms with Crippen LogP contribution < -0.4 is 5.46 Å². The van der Waals surface area contributed by atoms with Gasteiger partial charge in [0.1, 0.15) is 23.3 Å². The van der Waals surface area contributed by atoms with Gasteiger partial charge in [-0.15, -0.1) is 0 Å². The first-order valence-corrected chi connectivity index (χ1v) is 14.8. The fourth-order valence-electron chi connectivity index (χ4n) is 6.22. The van der Waals surface area contributed by atoms with Crippen LogP contribution in [0.4, 0.5) is 17.6 Å². The molecule has 6 aromatic carbocycles. The Hall–Kier alpha value is -4.46. The summed E-state index contributed by atoms with van der Waals surface area (Å²) in [6, 6.07) is 27.9. The topological polar surface area (TPSA) is 18.5 Å². The lowest BCUT2D eigenvalue weighted by atomic mass is 9.71. The van der Waals surface area contributed by atoms with Crippen molar-refractivity contribution in [3.63, 3.8) is 0 Å². The van der Waals surface area contributed by atoms with Gasteiger partial charge in [-0.3, -0.25) is 0 Å². The van der Waals surface area contributed by atoms with Gasteiger partial charge in [-0.2, -0.15) is 0 Å². The Bertz CT molecular complexity index is 2000. The quantitative estimate of drug-likeness (QED) is 0.113. The van der Waals surface area contributed by atoms with E-state index in [9.17, 15) is 8.78 Å². The highest BCUT2D eigenvalue weighted by Gasteiger charge is 2.52. The molecule has 0 aliphatic carbocycles. The van der Waals surface area contributed by atoms with Crippen LogP contribution in [0.2, 0.25) is 0 Å². The zero-order valence-electron chi connectivity index (χ0n) is 25.2. The molecule has 0 radical (unpaired) electrons. The third-order valence-electron chi connectivity index (χ3n) is 9.17. The standard InChI is InChI=1S/C38H29BF4O2/c1-37(2)38(3,4)45-39(44-37)36-31-11-7-5-9-29(31)35(30-10-6-8-12-32(30)36)24-18-22(27-15-13-25(40)20-33(27)42)17-23(19-24)28-16-14-26(41)21-34(28)43/h5-21H,1-4H3. The monoisotopic (exact) mass is 604 g/mol. The van der Waals surface area contributed by atoms with Crippen LogP contribution in [-0.2, 0) is 9.31 Å². The minimum atomic E-state index is -0.747. The summed E-state index contributed by atoms with van der Waals surface area (Å²) in [6.07, 6.45) is 0. The largest absolute Gasteiger partial charge is 0.496 e. The van der Waals surface area contributed by atoms with Crippen LogP contribution in [0.5, 0.6) is 0 Å². The van der Waals surface area contributed by atoms with E-state index in [1.807, 2.05) is 88.4 Å². The zero-order valence-corrected chi connectivity index (χ0v) is 25.2. The normalized spacial score (nSPS) is 15.7. The van der Waals surface area contributed by atoms with E-state index in [0.29, 0.717) is 16.7 Å². The molecule has 0 spiro atoms. The molecule has 0 amide bonds. The van der Waals surface area contributed by atoms with Crippen LogP contribution in [0.1, 0.15) is 27.7 Å². The van der Waals surface area contributed by atoms with E-state index in [1.165, 1.54) is 24.3 Å². The Balaban J connectivity index is 1.55. The van der Waals surface area contributed by atoms with Crippen molar-refractivity contribution in [2.45, 2.75) is 38.9 Å². The van der Waals surface area contributed by atoms with Crippen LogP contribution >= 0.6 is 0 Å². The molecule has 7 rings (SSSR count). The first-order valence-electron chi connectivity index (χ1n) is 14.8. The molecule has 224 valence electrons. The molecule has 7 heteroatoms. The van der Waals surface area contributed by atoms with Gasteiger partial charge >= 0.3 is 7.12 Å². The van der Waals surface area contributed by atoms with Crippen molar-refractivity contribution in [3.8, 4) is 33.4 Å². The summed E-state index contributed by atoms with van der Waals surface area (Å²) >= 11 is 0. The predicted molar refractivity (Wildman–Crippen MR) is 173 cm³/mol. The first kappa shape index (κ1) is 29.3. The van der Waals surface area contributed by atoms with Gasteiger partial charge < -0.3 is 9.31 Å². The van der Waals surface area contributed by atoms with Gasteiger partial charge in [0.25, 0.3) is 0 Å². The third kappa shape index (κ3) is 4.91. The molecule has 0 atom stereocenters. The van der Waals surface area contributed by atoms with Crippen LogP contribution in [-0.4, -0.2) is 18.3 Å². The van der Waals surface area contributed by atoms with E-state index < -0.39 is 41.6 Å². The van der Waals surface area contributed by atoms with Crippen molar-refractivity contribution >= 4 is 34.1 Å². The number of fused-ring (bicyclic) bond motifs is 2. The molecule has 6 aromatic rings. The highest BCUT2D eigenvalue weighted by molar-refractivity contribution is 6.69. The molecule has 45 heavy (non-hydrogen) atoms. The maximum atomic E-state index is 15.2. The van der Waals surface area contributed by atoms with Crippen molar-refractivity contribution in [2.24, 2.45) is 0 Å². The Labute approximate surface area is 259 Å². The summed E-state index contributed by atoms with van der Waals surface area (Å²) in [6.45, 7) is 8.06. The SMILES string of the molecule is CC1(C)OB(c2c3ccccc3c(-c3cc(-c4ccc(F)cc4F)cc(-c4ccc(F)cc4F)c3)c3ccccc23)OC1(C)C. The molecule has 1 saturated heterocycles. The van der Waals surface area contributed by atoms with Crippen LogP contribution in [0, 0.1) is 23.3 Å². The fourth-order valence-corrected chi connectivity index (χ4v) is 6.22. The molecule has 0 unspecified atom stereocenters. The summed E-state index contributed by atoms with van der Waals surface area (Å²) in [5, 5.41) is 3.61. The zero-order chi connectivity index (χ0) is 31.7. The maximum absolute atomic E-state index is 15.2. The van der Waals surface area contributed by atoms with Gasteiger partial charge in [0.15, 0.2) is 0 Å². The Morgan fingerprint density at radius 3 is 1.31 bits per heavy atom. The third-order valence-corrected chi connectivity index (χ3v) is 9.17. The van der Waals surface area contributed by atoms with Crippen LogP contribution in [0.25, 0.3) is 54.9 Å². The second-order valence-corrected chi connectivity index (χ2v) is 12.5. The van der Waals surface area contributed by atoms with Gasteiger partial charge in [-0.25, -0.2) is 17.6 Å². The van der Waals surface area contributed by atoms with E-state index in [0.717, 1.165) is 44.7 Å². The molecule has 0 bridgehead atoms. The van der Waals surface area contributed by atoms with Gasteiger partial charge in [0, 0.05) is 23.3 Å². The summed E-state index contributed by atoms with van der Waals surface area (Å²) < 4.78 is 71.3. The van der Waals surface area contributed by atoms with E-state index in [2.05, 4.69) is 0 Å². The Morgan fingerprint density at radius 1 is 0.489 bits per heavy atom. The molecule has 1 fully saturated rings. The van der Waals surface area contributed by atoms with E-state index in [1.54, 1.807) is 6.07 Å². The van der Waals surface area contributed by atoms with Gasteiger partial charge in [0.2, 0.25) is 0 Å². The molecule has 0 aromatic heterocycles. The number of rotatable bonds is 4. The lowest BCUT2D eigenvalue weighted by Crippen LogP contribution is -2.41. The lowest BCUT2D eigenvalue weighted by Gasteiger charge is -2.32. The van der Waals surface area contributed by atoms with Crippen molar-refractivity contribution in [1.29, 1.82) is 0 Å². The van der Waals surface area contributed by atoms with Crippen molar-refractivity contribution in [2.75, 3.05) is 0 Å². The second kappa shape index (κ2) is 10.6. The molecule has 1 aliphatic heterocycles. The summed E-state index contributed by atoms with van der Waals surface area (Å²) in [5.41, 5.74) is 2.47. The number of hydrogen-bond donors (Lipinski definition) is 0. The summed E-state index contributed by atoms with van der Waals surface area (Å²) in [7, 11) is -0.637. The van der Waals surface area contributed by atoms with Gasteiger partial charge in [-0.1, -0.05) is 48.5 Å². The molecule has 1 heterocycles. The van der Waals surface area contributed by atoms with E-state index in [-0.39, 0.29) is 11.1 Å². The molecular weight excluding hydrogens is 575 g/mol. The molecule has 0 saturated carbocycles. The van der Waals surface area contributed by atoms with Gasteiger partial charge in [0.05, 0.1) is 11.2 Å². The van der Waals surface area contributed by atoms with Crippen molar-refractivity contribution in [3.05, 3.63) is 126 Å². The highest BCUT2D eigenvalue weighted by Crippen LogP contribution is 2.43. The lowest BCUT2D eigenvalue weighted by molar-refractivity contribution is 0.00578. The smallest absolute Gasteiger partial charge is 0.399 e. The van der Waals surface area contributed by atoms with Crippen LogP contribution in [0.15, 0.2) is 103 Å². The number of hydrogen-bond acceptors (Lipinski definition) is 2. The van der Waals surface area contributed by atoms with E-state index in [4.69, 9.17) is 9.31 Å². The average Bonchev–Trinajstić information content (AvgIpc) is 3.21. The summed E-state index contributed by atoms with van der Waals surface area (Å²) in [5.74, 6) is -2.90. The average molecular weight is 604 g/mol. The minimum Gasteiger partial charge on any atom is -0.399 e. The Morgan fingerprint density at radius 2 is 0.889 bits per heavy atom. The van der Waals surface area contributed by atoms with Crippen molar-refractivity contribution < 1.29 is 26.9 Å².